The molecular weight excluding hydrogens is 571 g/mol. The van der Waals surface area contributed by atoms with Crippen LogP contribution in [0.25, 0.3) is 11.6 Å². The Balaban J connectivity index is 1.62. The molecule has 0 saturated heterocycles. The molecule has 1 aliphatic rings. The van der Waals surface area contributed by atoms with Gasteiger partial charge in [0.1, 0.15) is 0 Å². The molecule has 0 fully saturated rings. The van der Waals surface area contributed by atoms with Crippen LogP contribution in [0.1, 0.15) is 52.3 Å². The van der Waals surface area contributed by atoms with Gasteiger partial charge in [0.15, 0.2) is 9.84 Å². The highest BCUT2D eigenvalue weighted by molar-refractivity contribution is 7.90. The first-order valence-electron chi connectivity index (χ1n) is 13.0. The normalized spacial score (nSPS) is 14.1. The summed E-state index contributed by atoms with van der Waals surface area (Å²) >= 11 is 12.2. The molecule has 3 N–H and O–H groups in total. The van der Waals surface area contributed by atoms with Crippen molar-refractivity contribution in [2.45, 2.75) is 38.3 Å². The number of aromatic nitrogens is 1. The van der Waals surface area contributed by atoms with E-state index >= 15 is 0 Å². The maximum absolute atomic E-state index is 13.3. The first-order valence-corrected chi connectivity index (χ1v) is 15.4. The van der Waals surface area contributed by atoms with Gasteiger partial charge in [0.25, 0.3) is 11.8 Å². The minimum Gasteiger partial charge on any atom is -0.358 e. The molecule has 4 rings (SSSR count). The molecule has 8 nitrogen and oxygen atoms in total. The van der Waals surface area contributed by atoms with Crippen molar-refractivity contribution in [3.8, 4) is 0 Å². The number of nitrogens with zero attached hydrogens (tertiary/aromatic N) is 1. The van der Waals surface area contributed by atoms with E-state index in [4.69, 9.17) is 23.2 Å². The molecule has 1 aliphatic heterocycles. The number of H-pyrrole nitrogens is 1. The van der Waals surface area contributed by atoms with Gasteiger partial charge < -0.3 is 20.5 Å². The Morgan fingerprint density at radius 3 is 2.48 bits per heavy atom. The van der Waals surface area contributed by atoms with E-state index in [2.05, 4.69) is 34.4 Å². The molecule has 2 amide bonds. The monoisotopic (exact) mass is 602 g/mol. The molecule has 0 unspecified atom stereocenters. The largest absolute Gasteiger partial charge is 0.358 e. The number of amides is 2. The smallest absolute Gasteiger partial charge is 0.256 e. The number of anilines is 1. The fourth-order valence-corrected chi connectivity index (χ4v) is 6.75. The van der Waals surface area contributed by atoms with Crippen molar-refractivity contribution < 1.29 is 18.0 Å². The molecule has 40 heavy (non-hydrogen) atoms. The third-order valence-electron chi connectivity index (χ3n) is 7.09. The molecule has 212 valence electrons. The maximum atomic E-state index is 13.3. The number of aromatic amines is 1. The number of hydrogen-bond acceptors (Lipinski definition) is 5. The van der Waals surface area contributed by atoms with Gasteiger partial charge in [-0.15, -0.1) is 0 Å². The number of nitrogens with one attached hydrogen (secondary N) is 3. The molecule has 11 heteroatoms. The summed E-state index contributed by atoms with van der Waals surface area (Å²) in [5.41, 5.74) is 4.21. The van der Waals surface area contributed by atoms with Gasteiger partial charge in [-0.3, -0.25) is 9.59 Å². The third kappa shape index (κ3) is 6.28. The lowest BCUT2D eigenvalue weighted by molar-refractivity contribution is -0.110. The zero-order chi connectivity index (χ0) is 29.2. The van der Waals surface area contributed by atoms with E-state index in [1.54, 1.807) is 24.3 Å². The number of sulfone groups is 1. The van der Waals surface area contributed by atoms with Gasteiger partial charge in [-0.25, -0.2) is 8.42 Å². The average molecular weight is 604 g/mol. The number of hydrogen-bond donors (Lipinski definition) is 3. The van der Waals surface area contributed by atoms with Crippen molar-refractivity contribution in [1.82, 2.24) is 15.2 Å². The van der Waals surface area contributed by atoms with Gasteiger partial charge in [0.2, 0.25) is 0 Å². The Kier molecular flexibility index (Phi) is 9.09. The zero-order valence-corrected chi connectivity index (χ0v) is 25.1. The Labute approximate surface area is 244 Å². The minimum absolute atomic E-state index is 0.0623. The standard InChI is InChI=1S/C29H32Cl2N4O4S/c1-5-35(6-2)12-11-32-29(37)27-17(3)26(33-18(27)4)15-23-22-14-21(9-10-25(22)34-28(23)36)40(38,39)16-19-7-8-20(30)13-24(19)31/h7-10,13-15,33H,5-6,11-12,16H2,1-4H3,(H,32,37)(H,34,36)/b23-15-. The number of halogens is 2. The van der Waals surface area contributed by atoms with E-state index in [-0.39, 0.29) is 27.5 Å². The van der Waals surface area contributed by atoms with Crippen molar-refractivity contribution in [3.63, 3.8) is 0 Å². The van der Waals surface area contributed by atoms with Gasteiger partial charge in [-0.2, -0.15) is 0 Å². The lowest BCUT2D eigenvalue weighted by atomic mass is 10.0. The molecule has 0 bridgehead atoms. The first-order chi connectivity index (χ1) is 18.9. The van der Waals surface area contributed by atoms with Crippen molar-refractivity contribution in [2.75, 3.05) is 31.5 Å². The van der Waals surface area contributed by atoms with Crippen LogP contribution in [0, 0.1) is 13.8 Å². The number of fused-ring (bicyclic) bond motifs is 1. The molecule has 3 aromatic rings. The lowest BCUT2D eigenvalue weighted by Crippen LogP contribution is -2.35. The first kappa shape index (κ1) is 29.9. The van der Waals surface area contributed by atoms with E-state index < -0.39 is 9.84 Å². The van der Waals surface area contributed by atoms with E-state index in [0.29, 0.717) is 56.5 Å². The van der Waals surface area contributed by atoms with Crippen molar-refractivity contribution in [2.24, 2.45) is 0 Å². The summed E-state index contributed by atoms with van der Waals surface area (Å²) < 4.78 is 26.5. The molecule has 0 atom stereocenters. The van der Waals surface area contributed by atoms with E-state index in [1.165, 1.54) is 18.2 Å². The van der Waals surface area contributed by atoms with Crippen LogP contribution in [0.2, 0.25) is 10.0 Å². The van der Waals surface area contributed by atoms with E-state index in [1.807, 2.05) is 13.8 Å². The molecule has 2 heterocycles. The molecule has 0 saturated carbocycles. The Hall–Kier alpha value is -3.11. The topological polar surface area (TPSA) is 111 Å². The summed E-state index contributed by atoms with van der Waals surface area (Å²) in [6.07, 6.45) is 1.66. The number of aryl methyl sites for hydroxylation is 1. The van der Waals surface area contributed by atoms with Crippen LogP contribution in [0.4, 0.5) is 5.69 Å². The highest BCUT2D eigenvalue weighted by Crippen LogP contribution is 2.36. The van der Waals surface area contributed by atoms with E-state index in [9.17, 15) is 18.0 Å². The molecule has 2 aromatic carbocycles. The molecule has 0 aliphatic carbocycles. The summed E-state index contributed by atoms with van der Waals surface area (Å²) in [4.78, 5) is 31.4. The Morgan fingerprint density at radius 1 is 1.07 bits per heavy atom. The number of rotatable bonds is 10. The highest BCUT2D eigenvalue weighted by Gasteiger charge is 2.28. The summed E-state index contributed by atoms with van der Waals surface area (Å²) in [5, 5.41) is 6.45. The summed E-state index contributed by atoms with van der Waals surface area (Å²) in [6.45, 7) is 10.9. The van der Waals surface area contributed by atoms with Crippen molar-refractivity contribution >= 4 is 62.2 Å². The van der Waals surface area contributed by atoms with Gasteiger partial charge in [0, 0.05) is 45.8 Å². The molecular formula is C29H32Cl2N4O4S. The van der Waals surface area contributed by atoms with E-state index in [0.717, 1.165) is 19.6 Å². The SMILES string of the molecule is CCN(CC)CCNC(=O)c1c(C)[nH]c(/C=C2\C(=O)Nc3ccc(S(=O)(=O)Cc4ccc(Cl)cc4Cl)cc32)c1C. The van der Waals surface area contributed by atoms with Crippen LogP contribution in [-0.4, -0.2) is 56.3 Å². The molecule has 0 radical (unpaired) electrons. The zero-order valence-electron chi connectivity index (χ0n) is 22.8. The number of likely N-dealkylation sites (N-methyl/N-ethyl adjacent to an activating group) is 1. The second-order valence-electron chi connectivity index (χ2n) is 9.66. The van der Waals surface area contributed by atoms with Crippen molar-refractivity contribution in [3.05, 3.63) is 80.1 Å². The predicted octanol–water partition coefficient (Wildman–Crippen LogP) is 5.48. The molecule has 1 aromatic heterocycles. The number of benzene rings is 2. The van der Waals surface area contributed by atoms with Gasteiger partial charge in [-0.1, -0.05) is 43.1 Å². The van der Waals surface area contributed by atoms with Crippen LogP contribution < -0.4 is 10.6 Å². The van der Waals surface area contributed by atoms with Crippen LogP contribution in [0.3, 0.4) is 0 Å². The molecule has 0 spiro atoms. The summed E-state index contributed by atoms with van der Waals surface area (Å²) in [6, 6.07) is 9.20. The fourth-order valence-electron chi connectivity index (χ4n) is 4.79. The maximum Gasteiger partial charge on any atom is 0.256 e. The van der Waals surface area contributed by atoms with Gasteiger partial charge in [-0.05, 0) is 74.5 Å². The second kappa shape index (κ2) is 12.2. The minimum atomic E-state index is -3.78. The van der Waals surface area contributed by atoms with Crippen LogP contribution in [-0.2, 0) is 20.4 Å². The number of carbonyl (C=O) groups excluding carboxylic acids is 2. The van der Waals surface area contributed by atoms with Crippen LogP contribution >= 0.6 is 23.2 Å². The summed E-state index contributed by atoms with van der Waals surface area (Å²) in [7, 11) is -3.78. The summed E-state index contributed by atoms with van der Waals surface area (Å²) in [5.74, 6) is -0.861. The average Bonchev–Trinajstić information content (AvgIpc) is 3.37. The fraction of sp³-hybridized carbons (Fsp3) is 0.310. The number of carbonyl (C=O) groups is 2. The van der Waals surface area contributed by atoms with Crippen LogP contribution in [0.15, 0.2) is 41.3 Å². The highest BCUT2D eigenvalue weighted by atomic mass is 35.5. The lowest BCUT2D eigenvalue weighted by Gasteiger charge is -2.18. The van der Waals surface area contributed by atoms with Gasteiger partial charge >= 0.3 is 0 Å². The van der Waals surface area contributed by atoms with Gasteiger partial charge in [0.05, 0.1) is 21.8 Å². The second-order valence-corrected chi connectivity index (χ2v) is 12.5. The predicted molar refractivity (Wildman–Crippen MR) is 161 cm³/mol. The Bertz CT molecular complexity index is 1610. The third-order valence-corrected chi connectivity index (χ3v) is 9.34. The Morgan fingerprint density at radius 2 is 1.80 bits per heavy atom. The van der Waals surface area contributed by atoms with Crippen LogP contribution in [0.5, 0.6) is 0 Å². The van der Waals surface area contributed by atoms with Crippen molar-refractivity contribution in [1.29, 1.82) is 0 Å². The quantitative estimate of drug-likeness (QED) is 0.266.